The summed E-state index contributed by atoms with van der Waals surface area (Å²) in [7, 11) is 1.66. The van der Waals surface area contributed by atoms with Crippen LogP contribution in [-0.4, -0.2) is 12.0 Å². The molecule has 2 aromatic rings. The van der Waals surface area contributed by atoms with Crippen LogP contribution in [0.25, 0.3) is 0 Å². The second kappa shape index (κ2) is 4.96. The second-order valence-corrected chi connectivity index (χ2v) is 5.07. The Morgan fingerprint density at radius 1 is 1.00 bits per heavy atom. The lowest BCUT2D eigenvalue weighted by Gasteiger charge is -2.03. The highest BCUT2D eigenvalue weighted by molar-refractivity contribution is 5.41. The topological polar surface area (TPSA) is 52.4 Å². The van der Waals surface area contributed by atoms with Crippen LogP contribution in [0.5, 0.6) is 5.75 Å². The van der Waals surface area contributed by atoms with Crippen molar-refractivity contribution in [1.29, 1.82) is 0 Å². The van der Waals surface area contributed by atoms with E-state index in [4.69, 9.17) is 4.74 Å². The van der Waals surface area contributed by atoms with Crippen molar-refractivity contribution >= 4 is 5.69 Å². The Hall–Kier alpha value is -2.36. The molecule has 4 nitrogen and oxygen atoms in total. The first kappa shape index (κ1) is 12.7. The number of nitrogens with zero attached hydrogens (tertiary/aromatic N) is 1. The fraction of sp³-hybridized carbons (Fsp3) is 0.250. The van der Waals surface area contributed by atoms with Gasteiger partial charge in [0, 0.05) is 12.1 Å². The minimum absolute atomic E-state index is 0.149. The van der Waals surface area contributed by atoms with Crippen LogP contribution in [-0.2, 0) is 0 Å². The van der Waals surface area contributed by atoms with Crippen molar-refractivity contribution in [2.24, 2.45) is 0 Å². The van der Waals surface area contributed by atoms with E-state index in [9.17, 15) is 10.1 Å². The molecule has 0 amide bonds. The zero-order valence-corrected chi connectivity index (χ0v) is 11.2. The number of hydrogen-bond donors (Lipinski definition) is 0. The van der Waals surface area contributed by atoms with Crippen LogP contribution < -0.4 is 4.74 Å². The quantitative estimate of drug-likeness (QED) is 0.625. The molecule has 1 aliphatic carbocycles. The highest BCUT2D eigenvalue weighted by atomic mass is 16.6. The van der Waals surface area contributed by atoms with Crippen molar-refractivity contribution in [3.05, 3.63) is 69.8 Å². The number of hydrogen-bond acceptors (Lipinski definition) is 3. The Bertz CT molecular complexity index is 619. The summed E-state index contributed by atoms with van der Waals surface area (Å²) in [6.07, 6.45) is 1.10. The van der Waals surface area contributed by atoms with Gasteiger partial charge in [0.15, 0.2) is 0 Å². The molecule has 102 valence electrons. The van der Waals surface area contributed by atoms with Gasteiger partial charge in [-0.1, -0.05) is 24.3 Å². The first-order valence-corrected chi connectivity index (χ1v) is 6.57. The van der Waals surface area contributed by atoms with E-state index >= 15 is 0 Å². The molecule has 0 radical (unpaired) electrons. The third-order valence-corrected chi connectivity index (χ3v) is 3.87. The fourth-order valence-corrected chi connectivity index (χ4v) is 2.63. The zero-order valence-electron chi connectivity index (χ0n) is 11.2. The number of rotatable bonds is 4. The molecule has 3 rings (SSSR count). The van der Waals surface area contributed by atoms with E-state index in [0.717, 1.165) is 12.2 Å². The minimum atomic E-state index is -0.363. The molecule has 0 N–H and O–H groups in total. The summed E-state index contributed by atoms with van der Waals surface area (Å²) in [4.78, 5) is 10.3. The average Bonchev–Trinajstić information content (AvgIpc) is 3.28. The number of methoxy groups -OCH3 is 1. The largest absolute Gasteiger partial charge is 0.497 e. The van der Waals surface area contributed by atoms with Crippen molar-refractivity contribution in [2.75, 3.05) is 7.11 Å². The molecule has 0 aliphatic heterocycles. The average molecular weight is 269 g/mol. The van der Waals surface area contributed by atoms with E-state index in [-0.39, 0.29) is 10.6 Å². The number of benzene rings is 2. The number of ether oxygens (including phenoxy) is 1. The van der Waals surface area contributed by atoms with Crippen LogP contribution in [0.1, 0.15) is 29.4 Å². The van der Waals surface area contributed by atoms with E-state index in [1.165, 1.54) is 11.1 Å². The standard InChI is InChI=1S/C16H15NO3/c1-20-14-8-4-12(5-9-14)16-10-15(16)11-2-6-13(7-3-11)17(18)19/h2-9,15-16H,10H2,1H3/t15-,16-/m1/s1. The van der Waals surface area contributed by atoms with Gasteiger partial charge in [0.05, 0.1) is 12.0 Å². The fourth-order valence-electron chi connectivity index (χ4n) is 2.63. The maximum Gasteiger partial charge on any atom is 0.269 e. The molecule has 0 spiro atoms. The highest BCUT2D eigenvalue weighted by Gasteiger charge is 2.39. The Morgan fingerprint density at radius 3 is 1.95 bits per heavy atom. The third kappa shape index (κ3) is 2.37. The minimum Gasteiger partial charge on any atom is -0.497 e. The maximum atomic E-state index is 10.6. The van der Waals surface area contributed by atoms with E-state index in [1.807, 2.05) is 24.3 Å². The molecule has 4 heteroatoms. The van der Waals surface area contributed by atoms with Crippen LogP contribution in [0.15, 0.2) is 48.5 Å². The van der Waals surface area contributed by atoms with Gasteiger partial charge < -0.3 is 4.74 Å². The normalized spacial score (nSPS) is 20.4. The molecule has 0 aromatic heterocycles. The van der Waals surface area contributed by atoms with Gasteiger partial charge in [0.25, 0.3) is 5.69 Å². The predicted octanol–water partition coefficient (Wildman–Crippen LogP) is 3.87. The highest BCUT2D eigenvalue weighted by Crippen LogP contribution is 2.54. The van der Waals surface area contributed by atoms with Gasteiger partial charge in [0.1, 0.15) is 5.75 Å². The molecule has 0 heterocycles. The third-order valence-electron chi connectivity index (χ3n) is 3.87. The summed E-state index contributed by atoms with van der Waals surface area (Å²) in [6.45, 7) is 0. The number of nitro groups is 1. The lowest BCUT2D eigenvalue weighted by atomic mass is 10.0. The monoisotopic (exact) mass is 269 g/mol. The molecule has 0 saturated heterocycles. The smallest absolute Gasteiger partial charge is 0.269 e. The molecule has 0 unspecified atom stereocenters. The van der Waals surface area contributed by atoms with Gasteiger partial charge in [0.2, 0.25) is 0 Å². The van der Waals surface area contributed by atoms with Crippen molar-refractivity contribution in [1.82, 2.24) is 0 Å². The molecule has 0 bridgehead atoms. The second-order valence-electron chi connectivity index (χ2n) is 5.07. The summed E-state index contributed by atoms with van der Waals surface area (Å²) in [6, 6.07) is 15.0. The predicted molar refractivity (Wildman–Crippen MR) is 76.2 cm³/mol. The van der Waals surface area contributed by atoms with Crippen LogP contribution in [0.4, 0.5) is 5.69 Å². The Morgan fingerprint density at radius 2 is 1.50 bits per heavy atom. The van der Waals surface area contributed by atoms with E-state index in [1.54, 1.807) is 19.2 Å². The van der Waals surface area contributed by atoms with Gasteiger partial charge >= 0.3 is 0 Å². The number of non-ortho nitro benzene ring substituents is 1. The SMILES string of the molecule is COc1ccc([C@H]2C[C@@H]2c2ccc([N+](=O)[O-])cc2)cc1. The van der Waals surface area contributed by atoms with Crippen LogP contribution >= 0.6 is 0 Å². The van der Waals surface area contributed by atoms with Crippen molar-refractivity contribution in [3.63, 3.8) is 0 Å². The number of nitro benzene ring substituents is 1. The summed E-state index contributed by atoms with van der Waals surface area (Å²) in [5.74, 6) is 1.85. The van der Waals surface area contributed by atoms with Gasteiger partial charge in [-0.3, -0.25) is 10.1 Å². The molecule has 1 fully saturated rings. The summed E-state index contributed by atoms with van der Waals surface area (Å²) < 4.78 is 5.15. The summed E-state index contributed by atoms with van der Waals surface area (Å²) in [5, 5.41) is 10.6. The summed E-state index contributed by atoms with van der Waals surface area (Å²) >= 11 is 0. The molecule has 2 aromatic carbocycles. The lowest BCUT2D eigenvalue weighted by molar-refractivity contribution is -0.384. The molecule has 2 atom stereocenters. The molecule has 1 saturated carbocycles. The maximum absolute atomic E-state index is 10.6. The lowest BCUT2D eigenvalue weighted by Crippen LogP contribution is -1.89. The molecular formula is C16H15NO3. The Kier molecular flexibility index (Phi) is 3.14. The van der Waals surface area contributed by atoms with E-state index in [2.05, 4.69) is 12.1 Å². The van der Waals surface area contributed by atoms with Gasteiger partial charge in [-0.15, -0.1) is 0 Å². The van der Waals surface area contributed by atoms with Crippen LogP contribution in [0.3, 0.4) is 0 Å². The van der Waals surface area contributed by atoms with Gasteiger partial charge in [-0.2, -0.15) is 0 Å². The Labute approximate surface area is 117 Å². The molecule has 20 heavy (non-hydrogen) atoms. The van der Waals surface area contributed by atoms with Gasteiger partial charge in [-0.05, 0) is 41.5 Å². The first-order chi connectivity index (χ1) is 9.69. The zero-order chi connectivity index (χ0) is 14.1. The molecule has 1 aliphatic rings. The first-order valence-electron chi connectivity index (χ1n) is 6.57. The van der Waals surface area contributed by atoms with Crippen molar-refractivity contribution in [3.8, 4) is 5.75 Å². The van der Waals surface area contributed by atoms with Crippen molar-refractivity contribution < 1.29 is 9.66 Å². The molecular weight excluding hydrogens is 254 g/mol. The van der Waals surface area contributed by atoms with Gasteiger partial charge in [-0.25, -0.2) is 0 Å². The van der Waals surface area contributed by atoms with E-state index in [0.29, 0.717) is 11.8 Å². The van der Waals surface area contributed by atoms with E-state index < -0.39 is 0 Å². The van der Waals surface area contributed by atoms with Crippen LogP contribution in [0.2, 0.25) is 0 Å². The van der Waals surface area contributed by atoms with Crippen LogP contribution in [0, 0.1) is 10.1 Å². The summed E-state index contributed by atoms with van der Waals surface area (Å²) in [5.41, 5.74) is 2.63. The Balaban J connectivity index is 1.73. The van der Waals surface area contributed by atoms with Crippen molar-refractivity contribution in [2.45, 2.75) is 18.3 Å².